The van der Waals surface area contributed by atoms with E-state index in [0.717, 1.165) is 18.3 Å². The standard InChI is InChI=1S/C30H50O/c1-20-10-9-11-22-27(5)15-17-29(7)23-19-25(2,3)12-13-26(23,4)14-16-30(29,8)24(27)21(31)18-28(20,22)6/h20,22-24H,9-19H2,1-8H3/t20-,22-,23+,24-,26+,27-,28+,29-,30+/m0/s1. The summed E-state index contributed by atoms with van der Waals surface area (Å²) in [4.78, 5) is 14.2. The molecule has 176 valence electrons. The van der Waals surface area contributed by atoms with E-state index in [1.54, 1.807) is 0 Å². The topological polar surface area (TPSA) is 17.1 Å². The van der Waals surface area contributed by atoms with Crippen molar-refractivity contribution in [1.82, 2.24) is 0 Å². The molecule has 0 N–H and O–H groups in total. The van der Waals surface area contributed by atoms with E-state index >= 15 is 0 Å². The van der Waals surface area contributed by atoms with E-state index in [0.29, 0.717) is 27.9 Å². The van der Waals surface area contributed by atoms with Gasteiger partial charge in [0, 0.05) is 12.3 Å². The molecule has 0 aromatic carbocycles. The molecular weight excluding hydrogens is 376 g/mol. The minimum absolute atomic E-state index is 0.177. The minimum Gasteiger partial charge on any atom is -0.299 e. The Bertz CT molecular complexity index is 781. The maximum atomic E-state index is 14.2. The molecule has 9 atom stereocenters. The fourth-order valence-corrected chi connectivity index (χ4v) is 11.1. The van der Waals surface area contributed by atoms with Crippen molar-refractivity contribution in [1.29, 1.82) is 0 Å². The van der Waals surface area contributed by atoms with Crippen LogP contribution < -0.4 is 0 Å². The van der Waals surface area contributed by atoms with Gasteiger partial charge in [-0.3, -0.25) is 4.79 Å². The Kier molecular flexibility index (Phi) is 4.65. The SMILES string of the molecule is C[C@H]1CCC[C@@H]2[C@]1(C)CC(=O)[C@H]1[C@@]2(C)CC[C@@]2(C)[C@@H]3CC(C)(C)CC[C@]3(C)CC[C@]12C. The van der Waals surface area contributed by atoms with Crippen LogP contribution in [0.15, 0.2) is 0 Å². The summed E-state index contributed by atoms with van der Waals surface area (Å²) in [5.74, 6) is 3.16. The summed E-state index contributed by atoms with van der Waals surface area (Å²) in [5, 5.41) is 0. The average Bonchev–Trinajstić information content (AvgIpc) is 2.67. The molecule has 0 bridgehead atoms. The van der Waals surface area contributed by atoms with Gasteiger partial charge < -0.3 is 0 Å². The zero-order chi connectivity index (χ0) is 22.7. The van der Waals surface area contributed by atoms with E-state index in [4.69, 9.17) is 0 Å². The summed E-state index contributed by atoms with van der Waals surface area (Å²) in [6.07, 6.45) is 14.3. The fraction of sp³-hybridized carbons (Fsp3) is 0.967. The molecule has 31 heavy (non-hydrogen) atoms. The second kappa shape index (κ2) is 6.41. The predicted octanol–water partition coefficient (Wildman–Crippen LogP) is 8.46. The van der Waals surface area contributed by atoms with Gasteiger partial charge in [0.15, 0.2) is 0 Å². The molecule has 5 saturated carbocycles. The van der Waals surface area contributed by atoms with Gasteiger partial charge in [-0.25, -0.2) is 0 Å². The third-order valence-corrected chi connectivity index (χ3v) is 13.5. The molecule has 1 heteroatoms. The Morgan fingerprint density at radius 1 is 0.710 bits per heavy atom. The highest BCUT2D eigenvalue weighted by atomic mass is 16.1. The molecule has 0 saturated heterocycles. The minimum atomic E-state index is 0.177. The van der Waals surface area contributed by atoms with Gasteiger partial charge >= 0.3 is 0 Å². The molecule has 0 spiro atoms. The zero-order valence-corrected chi connectivity index (χ0v) is 22.0. The van der Waals surface area contributed by atoms with Gasteiger partial charge in [-0.15, -0.1) is 0 Å². The second-order valence-corrected chi connectivity index (χ2v) is 15.4. The van der Waals surface area contributed by atoms with Gasteiger partial charge in [-0.05, 0) is 102 Å². The Labute approximate surface area is 192 Å². The van der Waals surface area contributed by atoms with Crippen LogP contribution in [0.2, 0.25) is 0 Å². The highest BCUT2D eigenvalue weighted by Crippen LogP contribution is 2.77. The quantitative estimate of drug-likeness (QED) is 0.379. The molecule has 5 aliphatic carbocycles. The van der Waals surface area contributed by atoms with Crippen LogP contribution >= 0.6 is 0 Å². The van der Waals surface area contributed by atoms with Crippen LogP contribution in [0.25, 0.3) is 0 Å². The number of ketones is 1. The molecule has 1 nitrogen and oxygen atoms in total. The monoisotopic (exact) mass is 426 g/mol. The first-order chi connectivity index (χ1) is 14.2. The van der Waals surface area contributed by atoms with Crippen LogP contribution in [0.3, 0.4) is 0 Å². The van der Waals surface area contributed by atoms with Crippen LogP contribution in [-0.4, -0.2) is 5.78 Å². The van der Waals surface area contributed by atoms with Gasteiger partial charge in [0.1, 0.15) is 5.78 Å². The van der Waals surface area contributed by atoms with E-state index in [9.17, 15) is 4.79 Å². The second-order valence-electron chi connectivity index (χ2n) is 15.4. The maximum absolute atomic E-state index is 14.2. The highest BCUT2D eigenvalue weighted by molar-refractivity contribution is 5.85. The molecule has 0 radical (unpaired) electrons. The molecular formula is C30H50O. The number of carbonyl (C=O) groups excluding carboxylic acids is 1. The number of rotatable bonds is 0. The smallest absolute Gasteiger partial charge is 0.137 e. The Morgan fingerprint density at radius 2 is 1.35 bits per heavy atom. The normalized spacial score (nSPS) is 58.5. The first-order valence-electron chi connectivity index (χ1n) is 13.7. The number of fused-ring (bicyclic) bond motifs is 7. The van der Waals surface area contributed by atoms with E-state index in [2.05, 4.69) is 55.4 Å². The number of Topliss-reactive ketones (excluding diaryl/α,β-unsaturated/α-hetero) is 1. The van der Waals surface area contributed by atoms with Crippen molar-refractivity contribution in [3.8, 4) is 0 Å². The van der Waals surface area contributed by atoms with E-state index in [1.807, 2.05) is 0 Å². The van der Waals surface area contributed by atoms with Gasteiger partial charge in [-0.1, -0.05) is 68.2 Å². The molecule has 0 unspecified atom stereocenters. The van der Waals surface area contributed by atoms with Crippen LogP contribution in [0.4, 0.5) is 0 Å². The van der Waals surface area contributed by atoms with Crippen molar-refractivity contribution >= 4 is 5.78 Å². The van der Waals surface area contributed by atoms with E-state index in [1.165, 1.54) is 64.2 Å². The van der Waals surface area contributed by atoms with E-state index in [-0.39, 0.29) is 22.2 Å². The van der Waals surface area contributed by atoms with Crippen molar-refractivity contribution in [3.63, 3.8) is 0 Å². The van der Waals surface area contributed by atoms with Gasteiger partial charge in [0.25, 0.3) is 0 Å². The fourth-order valence-electron chi connectivity index (χ4n) is 11.1. The lowest BCUT2D eigenvalue weighted by atomic mass is 9.30. The van der Waals surface area contributed by atoms with E-state index < -0.39 is 0 Å². The summed E-state index contributed by atoms with van der Waals surface area (Å²) in [5.41, 5.74) is 1.89. The molecule has 0 aromatic heterocycles. The van der Waals surface area contributed by atoms with Crippen molar-refractivity contribution < 1.29 is 4.79 Å². The molecule has 5 rings (SSSR count). The lowest BCUT2D eigenvalue weighted by molar-refractivity contribution is -0.247. The van der Waals surface area contributed by atoms with Crippen LogP contribution in [-0.2, 0) is 4.79 Å². The van der Waals surface area contributed by atoms with Crippen LogP contribution in [0, 0.1) is 56.2 Å². The Hall–Kier alpha value is -0.330. The lowest BCUT2D eigenvalue weighted by Gasteiger charge is -2.74. The number of hydrogen-bond acceptors (Lipinski definition) is 1. The van der Waals surface area contributed by atoms with Gasteiger partial charge in [0.2, 0.25) is 0 Å². The third-order valence-electron chi connectivity index (χ3n) is 13.5. The predicted molar refractivity (Wildman–Crippen MR) is 130 cm³/mol. The van der Waals surface area contributed by atoms with Crippen molar-refractivity contribution in [2.75, 3.05) is 0 Å². The van der Waals surface area contributed by atoms with Crippen molar-refractivity contribution in [3.05, 3.63) is 0 Å². The lowest BCUT2D eigenvalue weighted by Crippen LogP contribution is -2.69. The van der Waals surface area contributed by atoms with Crippen molar-refractivity contribution in [2.45, 2.75) is 126 Å². The Balaban J connectivity index is 1.59. The molecule has 5 aliphatic rings. The molecule has 0 heterocycles. The summed E-state index contributed by atoms with van der Waals surface area (Å²) < 4.78 is 0. The molecule has 0 aliphatic heterocycles. The van der Waals surface area contributed by atoms with Gasteiger partial charge in [0.05, 0.1) is 0 Å². The maximum Gasteiger partial charge on any atom is 0.137 e. The number of carbonyl (C=O) groups is 1. The van der Waals surface area contributed by atoms with Crippen LogP contribution in [0.5, 0.6) is 0 Å². The first-order valence-corrected chi connectivity index (χ1v) is 13.7. The molecule has 0 amide bonds. The third kappa shape index (κ3) is 2.70. The molecule has 5 fully saturated rings. The summed E-state index contributed by atoms with van der Waals surface area (Å²) >= 11 is 0. The summed E-state index contributed by atoms with van der Waals surface area (Å²) in [7, 11) is 0. The Morgan fingerprint density at radius 3 is 2.06 bits per heavy atom. The zero-order valence-electron chi connectivity index (χ0n) is 22.0. The molecule has 0 aromatic rings. The van der Waals surface area contributed by atoms with Crippen LogP contribution in [0.1, 0.15) is 126 Å². The van der Waals surface area contributed by atoms with Crippen molar-refractivity contribution in [2.24, 2.45) is 56.2 Å². The summed E-state index contributed by atoms with van der Waals surface area (Å²) in [6.45, 7) is 20.4. The number of hydrogen-bond donors (Lipinski definition) is 0. The first kappa shape index (κ1) is 22.5. The van der Waals surface area contributed by atoms with Gasteiger partial charge in [-0.2, -0.15) is 0 Å². The largest absolute Gasteiger partial charge is 0.299 e. The highest BCUT2D eigenvalue weighted by Gasteiger charge is 2.72. The summed E-state index contributed by atoms with van der Waals surface area (Å²) in [6, 6.07) is 0. The average molecular weight is 427 g/mol.